The van der Waals surface area contributed by atoms with Gasteiger partial charge in [-0.2, -0.15) is 0 Å². The number of benzene rings is 1. The lowest BCUT2D eigenvalue weighted by Gasteiger charge is -2.03. The van der Waals surface area contributed by atoms with Crippen LogP contribution in [-0.2, 0) is 6.54 Å². The van der Waals surface area contributed by atoms with Crippen LogP contribution in [0.5, 0.6) is 5.75 Å². The average Bonchev–Trinajstić information content (AvgIpc) is 2.70. The summed E-state index contributed by atoms with van der Waals surface area (Å²) in [6.45, 7) is 2.47. The molecule has 2 aromatic rings. The smallest absolute Gasteiger partial charge is 0.125 e. The van der Waals surface area contributed by atoms with E-state index in [1.165, 1.54) is 0 Å². The SMILES string of the molecule is COc1ccc(-c2nc(C)c(CN)s2)c(Cl)c1. The lowest BCUT2D eigenvalue weighted by Crippen LogP contribution is -1.94. The molecule has 0 unspecified atom stereocenters. The van der Waals surface area contributed by atoms with E-state index < -0.39 is 0 Å². The van der Waals surface area contributed by atoms with E-state index in [-0.39, 0.29) is 0 Å². The zero-order chi connectivity index (χ0) is 12.4. The molecule has 0 fully saturated rings. The third kappa shape index (κ3) is 2.44. The van der Waals surface area contributed by atoms with Gasteiger partial charge in [0.1, 0.15) is 10.8 Å². The zero-order valence-corrected chi connectivity index (χ0v) is 11.2. The molecule has 0 bridgehead atoms. The normalized spacial score (nSPS) is 10.6. The van der Waals surface area contributed by atoms with Gasteiger partial charge in [-0.15, -0.1) is 11.3 Å². The van der Waals surface area contributed by atoms with Crippen LogP contribution < -0.4 is 10.5 Å². The average molecular weight is 269 g/mol. The van der Waals surface area contributed by atoms with Crippen molar-refractivity contribution in [2.75, 3.05) is 7.11 Å². The van der Waals surface area contributed by atoms with Crippen LogP contribution in [0.25, 0.3) is 10.6 Å². The molecule has 0 radical (unpaired) electrons. The molecule has 0 aliphatic carbocycles. The van der Waals surface area contributed by atoms with Gasteiger partial charge in [0.15, 0.2) is 0 Å². The fourth-order valence-corrected chi connectivity index (χ4v) is 2.83. The molecule has 0 aliphatic rings. The Balaban J connectivity index is 2.45. The number of thiazole rings is 1. The van der Waals surface area contributed by atoms with Crippen LogP contribution in [0.1, 0.15) is 10.6 Å². The lowest BCUT2D eigenvalue weighted by atomic mass is 10.2. The fourth-order valence-electron chi connectivity index (χ4n) is 1.53. The van der Waals surface area contributed by atoms with E-state index in [0.29, 0.717) is 11.6 Å². The van der Waals surface area contributed by atoms with E-state index in [1.807, 2.05) is 19.1 Å². The van der Waals surface area contributed by atoms with Crippen molar-refractivity contribution in [1.82, 2.24) is 4.98 Å². The molecule has 1 aromatic carbocycles. The van der Waals surface area contributed by atoms with Crippen molar-refractivity contribution in [3.05, 3.63) is 33.8 Å². The third-order valence-corrected chi connectivity index (χ3v) is 4.01. The van der Waals surface area contributed by atoms with Gasteiger partial charge in [-0.1, -0.05) is 11.6 Å². The highest BCUT2D eigenvalue weighted by Crippen LogP contribution is 2.34. The number of methoxy groups -OCH3 is 1. The number of ether oxygens (including phenoxy) is 1. The lowest BCUT2D eigenvalue weighted by molar-refractivity contribution is 0.415. The maximum absolute atomic E-state index is 6.20. The van der Waals surface area contributed by atoms with Gasteiger partial charge < -0.3 is 10.5 Å². The third-order valence-electron chi connectivity index (χ3n) is 2.48. The van der Waals surface area contributed by atoms with Crippen LogP contribution in [0.4, 0.5) is 0 Å². The molecule has 3 nitrogen and oxygen atoms in total. The first-order valence-electron chi connectivity index (χ1n) is 5.16. The van der Waals surface area contributed by atoms with E-state index in [9.17, 15) is 0 Å². The zero-order valence-electron chi connectivity index (χ0n) is 9.66. The molecule has 0 aliphatic heterocycles. The Labute approximate surface area is 109 Å². The Morgan fingerprint density at radius 2 is 2.24 bits per heavy atom. The molecule has 5 heteroatoms. The summed E-state index contributed by atoms with van der Waals surface area (Å²) in [5, 5.41) is 1.54. The molecule has 2 N–H and O–H groups in total. The topological polar surface area (TPSA) is 48.1 Å². The van der Waals surface area contributed by atoms with Crippen molar-refractivity contribution in [2.45, 2.75) is 13.5 Å². The van der Waals surface area contributed by atoms with E-state index in [2.05, 4.69) is 4.98 Å². The van der Waals surface area contributed by atoms with Crippen LogP contribution >= 0.6 is 22.9 Å². The Morgan fingerprint density at radius 3 is 2.76 bits per heavy atom. The molecular weight excluding hydrogens is 256 g/mol. The minimum absolute atomic E-state index is 0.511. The fraction of sp³-hybridized carbons (Fsp3) is 0.250. The first kappa shape index (κ1) is 12.4. The Morgan fingerprint density at radius 1 is 1.47 bits per heavy atom. The number of hydrogen-bond acceptors (Lipinski definition) is 4. The van der Waals surface area contributed by atoms with Gasteiger partial charge in [-0.25, -0.2) is 4.98 Å². The highest BCUT2D eigenvalue weighted by Gasteiger charge is 2.11. The molecule has 0 atom stereocenters. The molecule has 1 heterocycles. The Hall–Kier alpha value is -1.10. The van der Waals surface area contributed by atoms with Crippen LogP contribution in [0, 0.1) is 6.92 Å². The van der Waals surface area contributed by atoms with Gasteiger partial charge in [0.05, 0.1) is 17.8 Å². The Bertz CT molecular complexity index is 539. The number of aryl methyl sites for hydroxylation is 1. The van der Waals surface area contributed by atoms with Crippen LogP contribution in [0.15, 0.2) is 18.2 Å². The van der Waals surface area contributed by atoms with Crippen molar-refractivity contribution in [3.63, 3.8) is 0 Å². The van der Waals surface area contributed by atoms with Gasteiger partial charge in [0.25, 0.3) is 0 Å². The van der Waals surface area contributed by atoms with Crippen molar-refractivity contribution in [2.24, 2.45) is 5.73 Å². The molecular formula is C12H13ClN2OS. The Kier molecular flexibility index (Phi) is 3.66. The highest BCUT2D eigenvalue weighted by molar-refractivity contribution is 7.15. The number of nitrogens with two attached hydrogens (primary N) is 1. The predicted octanol–water partition coefficient (Wildman–Crippen LogP) is 3.24. The molecule has 0 saturated heterocycles. The molecule has 2 rings (SSSR count). The minimum Gasteiger partial charge on any atom is -0.497 e. The predicted molar refractivity (Wildman–Crippen MR) is 71.7 cm³/mol. The molecule has 0 amide bonds. The molecule has 17 heavy (non-hydrogen) atoms. The second-order valence-electron chi connectivity index (χ2n) is 3.58. The van der Waals surface area contributed by atoms with Crippen molar-refractivity contribution < 1.29 is 4.74 Å². The minimum atomic E-state index is 0.511. The van der Waals surface area contributed by atoms with Crippen molar-refractivity contribution >= 4 is 22.9 Å². The van der Waals surface area contributed by atoms with E-state index in [4.69, 9.17) is 22.1 Å². The first-order chi connectivity index (χ1) is 8.15. The summed E-state index contributed by atoms with van der Waals surface area (Å²) in [4.78, 5) is 5.57. The van der Waals surface area contributed by atoms with Gasteiger partial charge in [0, 0.05) is 17.0 Å². The monoisotopic (exact) mass is 268 g/mol. The van der Waals surface area contributed by atoms with Crippen molar-refractivity contribution in [3.8, 4) is 16.3 Å². The summed E-state index contributed by atoms with van der Waals surface area (Å²) in [5.74, 6) is 0.742. The van der Waals surface area contributed by atoms with E-state index >= 15 is 0 Å². The number of aromatic nitrogens is 1. The largest absolute Gasteiger partial charge is 0.497 e. The summed E-state index contributed by atoms with van der Waals surface area (Å²) in [5.41, 5.74) is 7.53. The van der Waals surface area contributed by atoms with Gasteiger partial charge >= 0.3 is 0 Å². The quantitative estimate of drug-likeness (QED) is 0.930. The molecule has 0 spiro atoms. The summed E-state index contributed by atoms with van der Waals surface area (Å²) in [6.07, 6.45) is 0. The summed E-state index contributed by atoms with van der Waals surface area (Å²) in [6, 6.07) is 5.58. The maximum atomic E-state index is 6.20. The van der Waals surface area contributed by atoms with Crippen LogP contribution in [-0.4, -0.2) is 12.1 Å². The molecule has 0 saturated carbocycles. The number of halogens is 1. The number of hydrogen-bond donors (Lipinski definition) is 1. The van der Waals surface area contributed by atoms with E-state index in [0.717, 1.165) is 26.9 Å². The molecule has 1 aromatic heterocycles. The standard InChI is InChI=1S/C12H13ClN2OS/c1-7-11(6-14)17-12(15-7)9-4-3-8(16-2)5-10(9)13/h3-5H,6,14H2,1-2H3. The summed E-state index contributed by atoms with van der Waals surface area (Å²) >= 11 is 7.78. The first-order valence-corrected chi connectivity index (χ1v) is 6.35. The van der Waals surface area contributed by atoms with E-state index in [1.54, 1.807) is 24.5 Å². The van der Waals surface area contributed by atoms with Gasteiger partial charge in [-0.05, 0) is 25.1 Å². The van der Waals surface area contributed by atoms with Gasteiger partial charge in [-0.3, -0.25) is 0 Å². The van der Waals surface area contributed by atoms with Crippen molar-refractivity contribution in [1.29, 1.82) is 0 Å². The number of nitrogens with zero attached hydrogens (tertiary/aromatic N) is 1. The summed E-state index contributed by atoms with van der Waals surface area (Å²) in [7, 11) is 1.62. The highest BCUT2D eigenvalue weighted by atomic mass is 35.5. The maximum Gasteiger partial charge on any atom is 0.125 e. The number of rotatable bonds is 3. The second kappa shape index (κ2) is 5.04. The summed E-state index contributed by atoms with van der Waals surface area (Å²) < 4.78 is 5.11. The van der Waals surface area contributed by atoms with Crippen LogP contribution in [0.3, 0.4) is 0 Å². The second-order valence-corrected chi connectivity index (χ2v) is 5.07. The van der Waals surface area contributed by atoms with Gasteiger partial charge in [0.2, 0.25) is 0 Å². The van der Waals surface area contributed by atoms with Crippen LogP contribution in [0.2, 0.25) is 5.02 Å². The molecule has 90 valence electrons.